The topological polar surface area (TPSA) is 61.2 Å². The first-order valence-electron chi connectivity index (χ1n) is 8.11. The second-order valence-corrected chi connectivity index (χ2v) is 7.24. The maximum absolute atomic E-state index is 12.6. The number of carbonyl (C=O) groups excluding carboxylic acids is 1. The molecule has 3 rings (SSSR count). The smallest absolute Gasteiger partial charge is 0.263 e. The maximum atomic E-state index is 12.6. The van der Waals surface area contributed by atoms with E-state index in [2.05, 4.69) is 11.6 Å². The highest BCUT2D eigenvalue weighted by Crippen LogP contribution is 2.22. The Kier molecular flexibility index (Phi) is 5.90. The van der Waals surface area contributed by atoms with E-state index in [-0.39, 0.29) is 17.1 Å². The van der Waals surface area contributed by atoms with E-state index in [0.29, 0.717) is 34.1 Å². The predicted molar refractivity (Wildman–Crippen MR) is 107 cm³/mol. The molecular weight excluding hydrogens is 368 g/mol. The van der Waals surface area contributed by atoms with Crippen LogP contribution in [0.3, 0.4) is 0 Å². The summed E-state index contributed by atoms with van der Waals surface area (Å²) >= 11 is 2.68. The van der Waals surface area contributed by atoms with Gasteiger partial charge in [0, 0.05) is 12.1 Å². The summed E-state index contributed by atoms with van der Waals surface area (Å²) < 4.78 is 6.94. The van der Waals surface area contributed by atoms with Crippen LogP contribution in [0.2, 0.25) is 0 Å². The van der Waals surface area contributed by atoms with Gasteiger partial charge in [-0.15, -0.1) is 17.9 Å². The number of ether oxygens (including phenoxy) is 1. The summed E-state index contributed by atoms with van der Waals surface area (Å²) in [5.41, 5.74) is 0.503. The SMILES string of the molecule is C=CCn1c(SCC(=O)c2ccc(OCC)cc2)nc2sccc2c1=O. The summed E-state index contributed by atoms with van der Waals surface area (Å²) in [5.74, 6) is 0.916. The average Bonchev–Trinajstić information content (AvgIpc) is 3.12. The maximum Gasteiger partial charge on any atom is 0.263 e. The minimum atomic E-state index is -0.104. The molecule has 0 radical (unpaired) electrons. The number of carbonyl (C=O) groups is 1. The fraction of sp³-hybridized carbons (Fsp3) is 0.211. The lowest BCUT2D eigenvalue weighted by atomic mass is 10.1. The molecule has 26 heavy (non-hydrogen) atoms. The van der Waals surface area contributed by atoms with E-state index in [1.165, 1.54) is 23.1 Å². The molecule has 0 atom stereocenters. The summed E-state index contributed by atoms with van der Waals surface area (Å²) in [4.78, 5) is 30.3. The van der Waals surface area contributed by atoms with Gasteiger partial charge in [-0.1, -0.05) is 17.8 Å². The molecule has 0 aliphatic rings. The Morgan fingerprint density at radius 3 is 2.81 bits per heavy atom. The van der Waals surface area contributed by atoms with Crippen molar-refractivity contribution >= 4 is 39.1 Å². The van der Waals surface area contributed by atoms with Crippen LogP contribution in [0.4, 0.5) is 0 Å². The third-order valence-electron chi connectivity index (χ3n) is 3.68. The molecule has 0 saturated heterocycles. The zero-order valence-electron chi connectivity index (χ0n) is 14.3. The van der Waals surface area contributed by atoms with Crippen molar-refractivity contribution in [3.63, 3.8) is 0 Å². The number of thioether (sulfide) groups is 1. The molecule has 0 aliphatic heterocycles. The van der Waals surface area contributed by atoms with E-state index < -0.39 is 0 Å². The predicted octanol–water partition coefficient (Wildman–Crippen LogP) is 4.02. The fourth-order valence-electron chi connectivity index (χ4n) is 2.45. The van der Waals surface area contributed by atoms with Gasteiger partial charge < -0.3 is 4.74 Å². The molecule has 0 N–H and O–H groups in total. The number of thiophene rings is 1. The summed E-state index contributed by atoms with van der Waals surface area (Å²) in [7, 11) is 0. The van der Waals surface area contributed by atoms with Gasteiger partial charge in [-0.2, -0.15) is 0 Å². The molecule has 134 valence electrons. The van der Waals surface area contributed by atoms with E-state index >= 15 is 0 Å². The van der Waals surface area contributed by atoms with Crippen LogP contribution in [-0.4, -0.2) is 27.7 Å². The summed E-state index contributed by atoms with van der Waals surface area (Å²) in [6.45, 7) is 6.55. The number of rotatable bonds is 8. The summed E-state index contributed by atoms with van der Waals surface area (Å²) in [5, 5.41) is 2.97. The van der Waals surface area contributed by atoms with Crippen molar-refractivity contribution in [2.45, 2.75) is 18.6 Å². The van der Waals surface area contributed by atoms with Crippen LogP contribution in [0.15, 0.2) is 58.3 Å². The van der Waals surface area contributed by atoms with E-state index in [9.17, 15) is 9.59 Å². The van der Waals surface area contributed by atoms with Crippen molar-refractivity contribution in [3.8, 4) is 5.75 Å². The average molecular weight is 386 g/mol. The van der Waals surface area contributed by atoms with E-state index in [1.807, 2.05) is 12.3 Å². The van der Waals surface area contributed by atoms with Crippen molar-refractivity contribution in [2.75, 3.05) is 12.4 Å². The van der Waals surface area contributed by atoms with Gasteiger partial charge in [-0.3, -0.25) is 14.2 Å². The molecule has 5 nitrogen and oxygen atoms in total. The highest BCUT2D eigenvalue weighted by atomic mass is 32.2. The minimum absolute atomic E-state index is 0.0243. The van der Waals surface area contributed by atoms with Gasteiger partial charge in [0.15, 0.2) is 10.9 Å². The van der Waals surface area contributed by atoms with Crippen LogP contribution >= 0.6 is 23.1 Å². The van der Waals surface area contributed by atoms with Crippen molar-refractivity contribution in [2.24, 2.45) is 0 Å². The lowest BCUT2D eigenvalue weighted by Gasteiger charge is -2.10. The molecule has 0 saturated carbocycles. The Bertz CT molecular complexity index is 990. The van der Waals surface area contributed by atoms with E-state index in [0.717, 1.165) is 5.75 Å². The Balaban J connectivity index is 1.80. The number of nitrogens with zero attached hydrogens (tertiary/aromatic N) is 2. The van der Waals surface area contributed by atoms with Crippen LogP contribution < -0.4 is 10.3 Å². The quantitative estimate of drug-likeness (QED) is 0.253. The number of hydrogen-bond acceptors (Lipinski definition) is 6. The van der Waals surface area contributed by atoms with Gasteiger partial charge in [0.25, 0.3) is 5.56 Å². The molecule has 2 heterocycles. The lowest BCUT2D eigenvalue weighted by molar-refractivity contribution is 0.102. The van der Waals surface area contributed by atoms with Gasteiger partial charge in [-0.25, -0.2) is 4.98 Å². The molecular formula is C19H18N2O3S2. The van der Waals surface area contributed by atoms with Crippen molar-refractivity contribution < 1.29 is 9.53 Å². The number of allylic oxidation sites excluding steroid dienone is 1. The van der Waals surface area contributed by atoms with Gasteiger partial charge in [-0.05, 0) is 42.6 Å². The van der Waals surface area contributed by atoms with Crippen molar-refractivity contribution in [1.29, 1.82) is 0 Å². The Hall–Kier alpha value is -2.38. The fourth-order valence-corrected chi connectivity index (χ4v) is 4.16. The minimum Gasteiger partial charge on any atom is -0.494 e. The Labute approximate surface area is 159 Å². The van der Waals surface area contributed by atoms with Crippen LogP contribution in [0.1, 0.15) is 17.3 Å². The molecule has 0 amide bonds. The third kappa shape index (κ3) is 3.89. The van der Waals surface area contributed by atoms with E-state index in [4.69, 9.17) is 4.74 Å². The number of benzene rings is 1. The van der Waals surface area contributed by atoms with Crippen LogP contribution in [0.5, 0.6) is 5.75 Å². The monoisotopic (exact) mass is 386 g/mol. The molecule has 0 bridgehead atoms. The molecule has 2 aromatic heterocycles. The molecule has 1 aromatic carbocycles. The van der Waals surface area contributed by atoms with E-state index in [1.54, 1.807) is 41.0 Å². The van der Waals surface area contributed by atoms with Crippen LogP contribution in [0, 0.1) is 0 Å². The van der Waals surface area contributed by atoms with Crippen LogP contribution in [0.25, 0.3) is 10.2 Å². The lowest BCUT2D eigenvalue weighted by Crippen LogP contribution is -2.22. The molecule has 0 unspecified atom stereocenters. The standard InChI is InChI=1S/C19H18N2O3S2/c1-3-10-21-18(23)15-9-11-25-17(15)20-19(21)26-12-16(22)13-5-7-14(8-6-13)24-4-2/h3,5-9,11H,1,4,10,12H2,2H3. The Morgan fingerprint density at radius 1 is 1.35 bits per heavy atom. The molecule has 7 heteroatoms. The molecule has 3 aromatic rings. The van der Waals surface area contributed by atoms with Gasteiger partial charge in [0.05, 0.1) is 17.7 Å². The highest BCUT2D eigenvalue weighted by Gasteiger charge is 2.14. The normalized spacial score (nSPS) is 10.8. The number of fused-ring (bicyclic) bond motifs is 1. The van der Waals surface area contributed by atoms with Gasteiger partial charge >= 0.3 is 0 Å². The summed E-state index contributed by atoms with van der Waals surface area (Å²) in [6, 6.07) is 8.84. The first kappa shape index (κ1) is 18.4. The zero-order chi connectivity index (χ0) is 18.5. The van der Waals surface area contributed by atoms with Crippen LogP contribution in [-0.2, 0) is 6.54 Å². The summed E-state index contributed by atoms with van der Waals surface area (Å²) in [6.07, 6.45) is 1.65. The van der Waals surface area contributed by atoms with Gasteiger partial charge in [0.2, 0.25) is 0 Å². The first-order valence-corrected chi connectivity index (χ1v) is 9.98. The molecule has 0 spiro atoms. The van der Waals surface area contributed by atoms with Crippen molar-refractivity contribution in [1.82, 2.24) is 9.55 Å². The number of hydrogen-bond donors (Lipinski definition) is 0. The Morgan fingerprint density at radius 2 is 2.12 bits per heavy atom. The van der Waals surface area contributed by atoms with Gasteiger partial charge in [0.1, 0.15) is 10.6 Å². The largest absolute Gasteiger partial charge is 0.494 e. The van der Waals surface area contributed by atoms with Crippen molar-refractivity contribution in [3.05, 3.63) is 64.3 Å². The highest BCUT2D eigenvalue weighted by molar-refractivity contribution is 7.99. The number of Topliss-reactive ketones (excluding diaryl/α,β-unsaturated/α-hetero) is 1. The molecule has 0 fully saturated rings. The number of aromatic nitrogens is 2. The third-order valence-corrected chi connectivity index (χ3v) is 5.46. The second kappa shape index (κ2) is 8.33. The molecule has 0 aliphatic carbocycles. The zero-order valence-corrected chi connectivity index (χ0v) is 15.9. The second-order valence-electron chi connectivity index (χ2n) is 5.41. The first-order chi connectivity index (χ1) is 12.6. The number of ketones is 1.